The van der Waals surface area contributed by atoms with Gasteiger partial charge in [-0.3, -0.25) is 5.10 Å². The average Bonchev–Trinajstić information content (AvgIpc) is 2.99. The molecule has 21 heavy (non-hydrogen) atoms. The van der Waals surface area contributed by atoms with E-state index in [2.05, 4.69) is 48.1 Å². The number of hydrogen-bond acceptors (Lipinski definition) is 3. The molecule has 112 valence electrons. The second kappa shape index (κ2) is 5.60. The van der Waals surface area contributed by atoms with Crippen molar-refractivity contribution in [2.24, 2.45) is 5.92 Å². The van der Waals surface area contributed by atoms with Gasteiger partial charge in [-0.15, -0.1) is 0 Å². The SMILES string of the molecule is CN1CCC(C(C)(C)c2nc(-c3ccccc3)n[nH]2)CC1. The van der Waals surface area contributed by atoms with Gasteiger partial charge in [0.1, 0.15) is 5.82 Å². The smallest absolute Gasteiger partial charge is 0.181 e. The standard InChI is InChI=1S/C17H24N4/c1-17(2,14-9-11-21(3)12-10-14)16-18-15(19-20-16)13-7-5-4-6-8-13/h4-8,14H,9-12H2,1-3H3,(H,18,19,20). The van der Waals surface area contributed by atoms with Crippen molar-refractivity contribution >= 4 is 0 Å². The zero-order valence-corrected chi connectivity index (χ0v) is 13.1. The van der Waals surface area contributed by atoms with Crippen LogP contribution in [0.15, 0.2) is 30.3 Å². The Kier molecular flexibility index (Phi) is 3.81. The largest absolute Gasteiger partial charge is 0.306 e. The molecule has 0 unspecified atom stereocenters. The van der Waals surface area contributed by atoms with Crippen molar-refractivity contribution in [2.45, 2.75) is 32.1 Å². The summed E-state index contributed by atoms with van der Waals surface area (Å²) in [6.07, 6.45) is 2.45. The van der Waals surface area contributed by atoms with Crippen molar-refractivity contribution < 1.29 is 0 Å². The number of benzene rings is 1. The first kappa shape index (κ1) is 14.3. The van der Waals surface area contributed by atoms with Crippen LogP contribution in [-0.2, 0) is 5.41 Å². The van der Waals surface area contributed by atoms with Crippen LogP contribution in [0, 0.1) is 5.92 Å². The number of piperidine rings is 1. The summed E-state index contributed by atoms with van der Waals surface area (Å²) in [6.45, 7) is 6.93. The molecule has 0 amide bonds. The molecule has 0 saturated carbocycles. The fourth-order valence-corrected chi connectivity index (χ4v) is 3.19. The summed E-state index contributed by atoms with van der Waals surface area (Å²) in [5.74, 6) is 2.47. The van der Waals surface area contributed by atoms with E-state index in [1.165, 1.54) is 25.9 Å². The van der Waals surface area contributed by atoms with Gasteiger partial charge < -0.3 is 4.90 Å². The molecule has 1 N–H and O–H groups in total. The third-order valence-electron chi connectivity index (χ3n) is 4.87. The number of hydrogen-bond donors (Lipinski definition) is 1. The molecule has 4 nitrogen and oxygen atoms in total. The van der Waals surface area contributed by atoms with Crippen LogP contribution < -0.4 is 0 Å². The highest BCUT2D eigenvalue weighted by Crippen LogP contribution is 2.36. The van der Waals surface area contributed by atoms with E-state index in [0.29, 0.717) is 5.92 Å². The monoisotopic (exact) mass is 284 g/mol. The molecule has 2 heterocycles. The molecule has 1 aromatic carbocycles. The van der Waals surface area contributed by atoms with Crippen molar-refractivity contribution in [3.05, 3.63) is 36.2 Å². The fraction of sp³-hybridized carbons (Fsp3) is 0.529. The highest BCUT2D eigenvalue weighted by atomic mass is 15.2. The maximum Gasteiger partial charge on any atom is 0.181 e. The Morgan fingerprint density at radius 1 is 1.14 bits per heavy atom. The number of aromatic nitrogens is 3. The summed E-state index contributed by atoms with van der Waals surface area (Å²) < 4.78 is 0. The Labute approximate surface area is 126 Å². The van der Waals surface area contributed by atoms with Crippen molar-refractivity contribution in [1.82, 2.24) is 20.1 Å². The first-order valence-corrected chi connectivity index (χ1v) is 7.74. The van der Waals surface area contributed by atoms with E-state index < -0.39 is 0 Å². The molecular formula is C17H24N4. The van der Waals surface area contributed by atoms with Gasteiger partial charge in [-0.2, -0.15) is 5.10 Å². The second-order valence-corrected chi connectivity index (χ2v) is 6.67. The van der Waals surface area contributed by atoms with Crippen molar-refractivity contribution in [3.8, 4) is 11.4 Å². The summed E-state index contributed by atoms with van der Waals surface area (Å²) in [6, 6.07) is 10.2. The number of likely N-dealkylation sites (tertiary alicyclic amines) is 1. The van der Waals surface area contributed by atoms with Gasteiger partial charge in [-0.25, -0.2) is 4.98 Å². The minimum atomic E-state index is 0.0429. The van der Waals surface area contributed by atoms with E-state index in [1.54, 1.807) is 0 Å². The molecule has 4 heteroatoms. The maximum atomic E-state index is 4.77. The summed E-state index contributed by atoms with van der Waals surface area (Å²) in [5.41, 5.74) is 1.11. The lowest BCUT2D eigenvalue weighted by Crippen LogP contribution is -2.39. The molecule has 0 radical (unpaired) electrons. The third-order valence-corrected chi connectivity index (χ3v) is 4.87. The van der Waals surface area contributed by atoms with Gasteiger partial charge in [0, 0.05) is 11.0 Å². The van der Waals surface area contributed by atoms with Crippen LogP contribution in [0.5, 0.6) is 0 Å². The molecule has 1 fully saturated rings. The molecular weight excluding hydrogens is 260 g/mol. The summed E-state index contributed by atoms with van der Waals surface area (Å²) >= 11 is 0. The van der Waals surface area contributed by atoms with Gasteiger partial charge in [0.15, 0.2) is 5.82 Å². The quantitative estimate of drug-likeness (QED) is 0.942. The van der Waals surface area contributed by atoms with Crippen LogP contribution in [0.4, 0.5) is 0 Å². The summed E-state index contributed by atoms with van der Waals surface area (Å²) in [7, 11) is 2.20. The van der Waals surface area contributed by atoms with Gasteiger partial charge in [0.05, 0.1) is 0 Å². The van der Waals surface area contributed by atoms with E-state index in [0.717, 1.165) is 17.2 Å². The van der Waals surface area contributed by atoms with E-state index in [-0.39, 0.29) is 5.41 Å². The van der Waals surface area contributed by atoms with E-state index >= 15 is 0 Å². The van der Waals surface area contributed by atoms with Crippen molar-refractivity contribution in [1.29, 1.82) is 0 Å². The normalized spacial score (nSPS) is 18.0. The minimum Gasteiger partial charge on any atom is -0.306 e. The second-order valence-electron chi connectivity index (χ2n) is 6.67. The highest BCUT2D eigenvalue weighted by Gasteiger charge is 2.36. The van der Waals surface area contributed by atoms with Crippen LogP contribution in [0.25, 0.3) is 11.4 Å². The summed E-state index contributed by atoms with van der Waals surface area (Å²) in [4.78, 5) is 7.17. The van der Waals surface area contributed by atoms with E-state index in [9.17, 15) is 0 Å². The number of nitrogens with one attached hydrogen (secondary N) is 1. The van der Waals surface area contributed by atoms with Gasteiger partial charge in [0.25, 0.3) is 0 Å². The maximum absolute atomic E-state index is 4.77. The van der Waals surface area contributed by atoms with Crippen molar-refractivity contribution in [2.75, 3.05) is 20.1 Å². The molecule has 1 saturated heterocycles. The van der Waals surface area contributed by atoms with Gasteiger partial charge in [-0.05, 0) is 38.9 Å². The molecule has 0 spiro atoms. The summed E-state index contributed by atoms with van der Waals surface area (Å²) in [5, 5.41) is 7.59. The lowest BCUT2D eigenvalue weighted by atomic mass is 9.73. The van der Waals surface area contributed by atoms with Crippen LogP contribution in [0.3, 0.4) is 0 Å². The molecule has 0 bridgehead atoms. The first-order chi connectivity index (χ1) is 10.1. The molecule has 0 aliphatic carbocycles. The Morgan fingerprint density at radius 3 is 2.48 bits per heavy atom. The van der Waals surface area contributed by atoms with E-state index in [4.69, 9.17) is 4.98 Å². The predicted molar refractivity (Wildman–Crippen MR) is 85.1 cm³/mol. The third kappa shape index (κ3) is 2.86. The zero-order chi connectivity index (χ0) is 14.9. The molecule has 1 aliphatic rings. The van der Waals surface area contributed by atoms with Crippen LogP contribution in [0.1, 0.15) is 32.5 Å². The lowest BCUT2D eigenvalue weighted by molar-refractivity contribution is 0.159. The average molecular weight is 284 g/mol. The Hall–Kier alpha value is -1.68. The molecule has 1 aliphatic heterocycles. The molecule has 3 rings (SSSR count). The molecule has 1 aromatic heterocycles. The Bertz CT molecular complexity index is 580. The van der Waals surface area contributed by atoms with Crippen molar-refractivity contribution in [3.63, 3.8) is 0 Å². The van der Waals surface area contributed by atoms with Crippen LogP contribution in [-0.4, -0.2) is 40.2 Å². The molecule has 0 atom stereocenters. The Balaban J connectivity index is 1.81. The van der Waals surface area contributed by atoms with Crippen LogP contribution >= 0.6 is 0 Å². The fourth-order valence-electron chi connectivity index (χ4n) is 3.19. The first-order valence-electron chi connectivity index (χ1n) is 7.74. The predicted octanol–water partition coefficient (Wildman–Crippen LogP) is 3.09. The highest BCUT2D eigenvalue weighted by molar-refractivity contribution is 5.54. The van der Waals surface area contributed by atoms with Gasteiger partial charge >= 0.3 is 0 Å². The number of H-pyrrole nitrogens is 1. The van der Waals surface area contributed by atoms with Crippen LogP contribution in [0.2, 0.25) is 0 Å². The van der Waals surface area contributed by atoms with Gasteiger partial charge in [0.2, 0.25) is 0 Å². The van der Waals surface area contributed by atoms with Gasteiger partial charge in [-0.1, -0.05) is 44.2 Å². The molecule has 2 aromatic rings. The number of nitrogens with zero attached hydrogens (tertiary/aromatic N) is 3. The number of rotatable bonds is 3. The zero-order valence-electron chi connectivity index (χ0n) is 13.1. The Morgan fingerprint density at radius 2 is 1.81 bits per heavy atom. The lowest BCUT2D eigenvalue weighted by Gasteiger charge is -2.38. The number of aromatic amines is 1. The van der Waals surface area contributed by atoms with E-state index in [1.807, 2.05) is 18.2 Å². The topological polar surface area (TPSA) is 44.8 Å². The minimum absolute atomic E-state index is 0.0429.